The standard InChI is InChI=1S/C12H19N.C2H6/c1-4-8-12(13(2)3)11-9-6-5-7-10-11;1-2/h5-7,9-10,12H,4,8H2,1-3H3;1-2H3. The van der Waals surface area contributed by atoms with Crippen LogP contribution >= 0.6 is 0 Å². The molecule has 0 spiro atoms. The molecule has 0 aliphatic heterocycles. The molecule has 0 radical (unpaired) electrons. The van der Waals surface area contributed by atoms with Gasteiger partial charge in [0.1, 0.15) is 0 Å². The van der Waals surface area contributed by atoms with Crippen molar-refractivity contribution >= 4 is 0 Å². The minimum Gasteiger partial charge on any atom is -0.302 e. The zero-order chi connectivity index (χ0) is 11.7. The molecular formula is C14H25N. The minimum atomic E-state index is 0.575. The fraction of sp³-hybridized carbons (Fsp3) is 0.571. The summed E-state index contributed by atoms with van der Waals surface area (Å²) < 4.78 is 0. The Morgan fingerprint density at radius 2 is 1.60 bits per heavy atom. The van der Waals surface area contributed by atoms with E-state index in [9.17, 15) is 0 Å². The van der Waals surface area contributed by atoms with E-state index < -0.39 is 0 Å². The highest BCUT2D eigenvalue weighted by molar-refractivity contribution is 5.18. The fourth-order valence-electron chi connectivity index (χ4n) is 1.67. The third-order valence-electron chi connectivity index (χ3n) is 2.37. The lowest BCUT2D eigenvalue weighted by Crippen LogP contribution is -2.19. The van der Waals surface area contributed by atoms with Crippen LogP contribution in [0, 0.1) is 0 Å². The Hall–Kier alpha value is -0.820. The molecule has 1 atom stereocenters. The van der Waals surface area contributed by atoms with Crippen molar-refractivity contribution in [2.24, 2.45) is 0 Å². The zero-order valence-corrected chi connectivity index (χ0v) is 10.8. The van der Waals surface area contributed by atoms with Crippen LogP contribution in [0.1, 0.15) is 45.2 Å². The summed E-state index contributed by atoms with van der Waals surface area (Å²) in [5.41, 5.74) is 1.43. The second-order valence-electron chi connectivity index (χ2n) is 3.68. The SMILES string of the molecule is CC.CCCC(c1ccccc1)N(C)C. The molecule has 1 nitrogen and oxygen atoms in total. The summed E-state index contributed by atoms with van der Waals surface area (Å²) in [7, 11) is 4.29. The molecule has 0 bridgehead atoms. The van der Waals surface area contributed by atoms with Crippen LogP contribution in [0.3, 0.4) is 0 Å². The highest BCUT2D eigenvalue weighted by Crippen LogP contribution is 2.22. The predicted molar refractivity (Wildman–Crippen MR) is 69.1 cm³/mol. The van der Waals surface area contributed by atoms with Crippen molar-refractivity contribution in [2.45, 2.75) is 39.7 Å². The van der Waals surface area contributed by atoms with Gasteiger partial charge in [0.15, 0.2) is 0 Å². The van der Waals surface area contributed by atoms with Crippen LogP contribution in [0.25, 0.3) is 0 Å². The van der Waals surface area contributed by atoms with Crippen molar-refractivity contribution in [2.75, 3.05) is 14.1 Å². The molecule has 1 rings (SSSR count). The lowest BCUT2D eigenvalue weighted by molar-refractivity contribution is 0.282. The maximum Gasteiger partial charge on any atom is 0.0341 e. The maximum absolute atomic E-state index is 2.29. The van der Waals surface area contributed by atoms with Crippen molar-refractivity contribution in [1.29, 1.82) is 0 Å². The minimum absolute atomic E-state index is 0.575. The van der Waals surface area contributed by atoms with E-state index in [2.05, 4.69) is 56.3 Å². The quantitative estimate of drug-likeness (QED) is 0.718. The maximum atomic E-state index is 2.29. The van der Waals surface area contributed by atoms with Gasteiger partial charge in [-0.2, -0.15) is 0 Å². The second-order valence-corrected chi connectivity index (χ2v) is 3.68. The van der Waals surface area contributed by atoms with Gasteiger partial charge in [-0.1, -0.05) is 57.5 Å². The van der Waals surface area contributed by atoms with E-state index in [1.165, 1.54) is 18.4 Å². The van der Waals surface area contributed by atoms with Crippen LogP contribution in [0.5, 0.6) is 0 Å². The van der Waals surface area contributed by atoms with Crippen molar-refractivity contribution < 1.29 is 0 Å². The normalized spacial score (nSPS) is 11.9. The Kier molecular flexibility index (Phi) is 8.02. The van der Waals surface area contributed by atoms with E-state index in [0.29, 0.717) is 6.04 Å². The predicted octanol–water partition coefficient (Wildman–Crippen LogP) is 4.12. The Bertz CT molecular complexity index is 228. The lowest BCUT2D eigenvalue weighted by Gasteiger charge is -2.24. The van der Waals surface area contributed by atoms with Crippen LogP contribution in [0.2, 0.25) is 0 Å². The van der Waals surface area contributed by atoms with E-state index >= 15 is 0 Å². The third-order valence-corrected chi connectivity index (χ3v) is 2.37. The molecule has 0 saturated heterocycles. The van der Waals surface area contributed by atoms with Gasteiger partial charge in [0.2, 0.25) is 0 Å². The van der Waals surface area contributed by atoms with E-state index in [1.54, 1.807) is 0 Å². The summed E-state index contributed by atoms with van der Waals surface area (Å²) in [6.07, 6.45) is 2.47. The van der Waals surface area contributed by atoms with E-state index in [-0.39, 0.29) is 0 Å². The van der Waals surface area contributed by atoms with Crippen molar-refractivity contribution in [3.05, 3.63) is 35.9 Å². The van der Waals surface area contributed by atoms with Crippen LogP contribution in [0.4, 0.5) is 0 Å². The van der Waals surface area contributed by atoms with Gasteiger partial charge in [0.05, 0.1) is 0 Å². The van der Waals surface area contributed by atoms with Crippen molar-refractivity contribution in [3.63, 3.8) is 0 Å². The van der Waals surface area contributed by atoms with E-state index in [0.717, 1.165) is 0 Å². The lowest BCUT2D eigenvalue weighted by atomic mass is 10.0. The first-order chi connectivity index (χ1) is 7.25. The summed E-state index contributed by atoms with van der Waals surface area (Å²) in [5.74, 6) is 0. The molecule has 86 valence electrons. The first-order valence-electron chi connectivity index (χ1n) is 5.97. The fourth-order valence-corrected chi connectivity index (χ4v) is 1.67. The Morgan fingerprint density at radius 3 is 2.00 bits per heavy atom. The molecule has 0 amide bonds. The number of benzene rings is 1. The van der Waals surface area contributed by atoms with Crippen LogP contribution in [-0.4, -0.2) is 19.0 Å². The molecule has 1 heteroatoms. The summed E-state index contributed by atoms with van der Waals surface area (Å²) in [6.45, 7) is 6.24. The van der Waals surface area contributed by atoms with Gasteiger partial charge >= 0.3 is 0 Å². The number of hydrogen-bond donors (Lipinski definition) is 0. The number of nitrogens with zero attached hydrogens (tertiary/aromatic N) is 1. The van der Waals surface area contributed by atoms with Crippen LogP contribution < -0.4 is 0 Å². The molecule has 1 unspecified atom stereocenters. The van der Waals surface area contributed by atoms with Gasteiger partial charge in [-0.15, -0.1) is 0 Å². The summed E-state index contributed by atoms with van der Waals surface area (Å²) in [6, 6.07) is 11.3. The molecule has 0 heterocycles. The summed E-state index contributed by atoms with van der Waals surface area (Å²) in [4.78, 5) is 2.29. The smallest absolute Gasteiger partial charge is 0.0341 e. The molecule has 15 heavy (non-hydrogen) atoms. The molecule has 0 aromatic heterocycles. The Balaban J connectivity index is 0.000000921. The van der Waals surface area contributed by atoms with E-state index in [4.69, 9.17) is 0 Å². The first-order valence-corrected chi connectivity index (χ1v) is 5.97. The molecule has 0 aliphatic rings. The highest BCUT2D eigenvalue weighted by Gasteiger charge is 2.11. The van der Waals surface area contributed by atoms with Gasteiger partial charge in [-0.3, -0.25) is 0 Å². The van der Waals surface area contributed by atoms with Crippen LogP contribution in [0.15, 0.2) is 30.3 Å². The number of rotatable bonds is 4. The second kappa shape index (κ2) is 8.49. The largest absolute Gasteiger partial charge is 0.302 e. The summed E-state index contributed by atoms with van der Waals surface area (Å²) in [5, 5.41) is 0. The molecule has 0 aliphatic carbocycles. The monoisotopic (exact) mass is 207 g/mol. The van der Waals surface area contributed by atoms with Gasteiger partial charge in [0, 0.05) is 6.04 Å². The Morgan fingerprint density at radius 1 is 1.07 bits per heavy atom. The third kappa shape index (κ3) is 4.98. The van der Waals surface area contributed by atoms with Gasteiger partial charge in [-0.25, -0.2) is 0 Å². The Labute approximate surface area is 95.1 Å². The van der Waals surface area contributed by atoms with Crippen LogP contribution in [-0.2, 0) is 0 Å². The van der Waals surface area contributed by atoms with Crippen molar-refractivity contribution in [1.82, 2.24) is 4.90 Å². The molecular weight excluding hydrogens is 182 g/mol. The average molecular weight is 207 g/mol. The van der Waals surface area contributed by atoms with Gasteiger partial charge in [0.25, 0.3) is 0 Å². The molecule has 0 saturated carbocycles. The summed E-state index contributed by atoms with van der Waals surface area (Å²) >= 11 is 0. The molecule has 0 N–H and O–H groups in total. The van der Waals surface area contributed by atoms with E-state index in [1.807, 2.05) is 13.8 Å². The zero-order valence-electron chi connectivity index (χ0n) is 10.8. The topological polar surface area (TPSA) is 3.24 Å². The molecule has 1 aromatic carbocycles. The van der Waals surface area contributed by atoms with Gasteiger partial charge < -0.3 is 4.90 Å². The number of hydrogen-bond acceptors (Lipinski definition) is 1. The molecule has 0 fully saturated rings. The van der Waals surface area contributed by atoms with Crippen molar-refractivity contribution in [3.8, 4) is 0 Å². The van der Waals surface area contributed by atoms with Gasteiger partial charge in [-0.05, 0) is 26.1 Å². The first kappa shape index (κ1) is 14.2. The average Bonchev–Trinajstić information content (AvgIpc) is 2.29. The molecule has 1 aromatic rings. The highest BCUT2D eigenvalue weighted by atomic mass is 15.1.